The molecule has 0 N–H and O–H groups in total. The summed E-state index contributed by atoms with van der Waals surface area (Å²) in [6, 6.07) is 20.7. The monoisotopic (exact) mass is 322 g/mol. The first kappa shape index (κ1) is 11.7. The minimum absolute atomic E-state index is 1.03. The minimum Gasteiger partial charge on any atom is -0.308 e. The van der Waals surface area contributed by atoms with Crippen LogP contribution in [0.4, 0.5) is 0 Å². The summed E-state index contributed by atoms with van der Waals surface area (Å²) >= 11 is 3.65. The van der Waals surface area contributed by atoms with Gasteiger partial charge in [-0.1, -0.05) is 40.2 Å². The number of nitrogens with zero attached hydrogens (tertiary/aromatic N) is 2. The van der Waals surface area contributed by atoms with E-state index in [1.165, 1.54) is 5.52 Å². The molecule has 4 rings (SSSR count). The van der Waals surface area contributed by atoms with Crippen LogP contribution in [-0.2, 0) is 0 Å². The van der Waals surface area contributed by atoms with Gasteiger partial charge >= 0.3 is 0 Å². The average Bonchev–Trinajstić information content (AvgIpc) is 2.84. The van der Waals surface area contributed by atoms with Gasteiger partial charge in [-0.15, -0.1) is 0 Å². The maximum atomic E-state index is 4.57. The fourth-order valence-electron chi connectivity index (χ4n) is 2.69. The lowest BCUT2D eigenvalue weighted by Crippen LogP contribution is -1.92. The number of hydrogen-bond donors (Lipinski definition) is 0. The van der Waals surface area contributed by atoms with Crippen LogP contribution in [0.5, 0.6) is 0 Å². The molecule has 0 aliphatic rings. The first-order chi connectivity index (χ1) is 9.86. The Labute approximate surface area is 124 Å². The predicted molar refractivity (Wildman–Crippen MR) is 86.3 cm³/mol. The summed E-state index contributed by atoms with van der Waals surface area (Å²) < 4.78 is 3.33. The van der Waals surface area contributed by atoms with Crippen LogP contribution in [0.3, 0.4) is 0 Å². The van der Waals surface area contributed by atoms with Crippen molar-refractivity contribution >= 4 is 37.9 Å². The number of benzene rings is 2. The zero-order valence-corrected chi connectivity index (χ0v) is 12.2. The van der Waals surface area contributed by atoms with E-state index in [4.69, 9.17) is 0 Å². The molecule has 3 heteroatoms. The lowest BCUT2D eigenvalue weighted by molar-refractivity contribution is 1.17. The van der Waals surface area contributed by atoms with Crippen molar-refractivity contribution in [3.8, 4) is 5.69 Å². The smallest absolute Gasteiger partial charge is 0.0974 e. The molecule has 0 aliphatic carbocycles. The molecule has 0 unspecified atom stereocenters. The summed E-state index contributed by atoms with van der Waals surface area (Å²) in [5, 5.41) is 1.16. The van der Waals surface area contributed by atoms with Gasteiger partial charge in [-0.2, -0.15) is 0 Å². The molecule has 0 amide bonds. The number of pyridine rings is 1. The van der Waals surface area contributed by atoms with Crippen molar-refractivity contribution in [1.82, 2.24) is 9.55 Å². The standard InChI is InChI=1S/C17H11BrN2/c18-13-8-4-9-14-16(13)17-15(10-5-11-19-17)20(14)12-6-2-1-3-7-12/h1-11H. The van der Waals surface area contributed by atoms with Crippen LogP contribution < -0.4 is 0 Å². The van der Waals surface area contributed by atoms with E-state index in [1.807, 2.05) is 18.3 Å². The largest absolute Gasteiger partial charge is 0.308 e. The lowest BCUT2D eigenvalue weighted by Gasteiger charge is -2.06. The summed E-state index contributed by atoms with van der Waals surface area (Å²) in [6.07, 6.45) is 1.84. The molecule has 2 heterocycles. The van der Waals surface area contributed by atoms with E-state index in [2.05, 4.69) is 74.0 Å². The van der Waals surface area contributed by atoms with E-state index >= 15 is 0 Å². The van der Waals surface area contributed by atoms with Crippen LogP contribution in [0.1, 0.15) is 0 Å². The van der Waals surface area contributed by atoms with E-state index in [1.54, 1.807) is 0 Å². The van der Waals surface area contributed by atoms with Gasteiger partial charge in [0, 0.05) is 21.7 Å². The van der Waals surface area contributed by atoms with E-state index in [0.29, 0.717) is 0 Å². The normalized spacial score (nSPS) is 11.2. The van der Waals surface area contributed by atoms with Gasteiger partial charge in [-0.3, -0.25) is 4.98 Å². The van der Waals surface area contributed by atoms with Crippen molar-refractivity contribution in [3.63, 3.8) is 0 Å². The van der Waals surface area contributed by atoms with Crippen molar-refractivity contribution in [2.24, 2.45) is 0 Å². The Morgan fingerprint density at radius 2 is 1.60 bits per heavy atom. The predicted octanol–water partition coefficient (Wildman–Crippen LogP) is 4.94. The van der Waals surface area contributed by atoms with Gasteiger partial charge in [-0.25, -0.2) is 0 Å². The topological polar surface area (TPSA) is 17.8 Å². The Bertz CT molecular complexity index is 910. The first-order valence-electron chi connectivity index (χ1n) is 6.45. The molecule has 0 aliphatic heterocycles. The maximum absolute atomic E-state index is 4.57. The van der Waals surface area contributed by atoms with Crippen LogP contribution in [0.2, 0.25) is 0 Å². The Morgan fingerprint density at radius 3 is 2.45 bits per heavy atom. The van der Waals surface area contributed by atoms with E-state index < -0.39 is 0 Å². The molecule has 2 nitrogen and oxygen atoms in total. The molecule has 4 aromatic rings. The van der Waals surface area contributed by atoms with Crippen molar-refractivity contribution in [1.29, 1.82) is 0 Å². The first-order valence-corrected chi connectivity index (χ1v) is 7.24. The molecule has 0 saturated heterocycles. The second-order valence-corrected chi connectivity index (χ2v) is 5.53. The quantitative estimate of drug-likeness (QED) is 0.485. The van der Waals surface area contributed by atoms with E-state index in [0.717, 1.165) is 26.6 Å². The number of hydrogen-bond acceptors (Lipinski definition) is 1. The van der Waals surface area contributed by atoms with Gasteiger partial charge < -0.3 is 4.57 Å². The minimum atomic E-state index is 1.03. The van der Waals surface area contributed by atoms with Gasteiger partial charge in [0.15, 0.2) is 0 Å². The second kappa shape index (κ2) is 4.46. The highest BCUT2D eigenvalue weighted by Gasteiger charge is 2.14. The number of para-hydroxylation sites is 1. The van der Waals surface area contributed by atoms with Gasteiger partial charge in [0.25, 0.3) is 0 Å². The number of halogens is 1. The third-order valence-corrected chi connectivity index (χ3v) is 4.17. The molecular formula is C17H11BrN2. The third-order valence-electron chi connectivity index (χ3n) is 3.51. The van der Waals surface area contributed by atoms with Crippen LogP contribution in [0.15, 0.2) is 71.3 Å². The summed E-state index contributed by atoms with van der Waals surface area (Å²) in [5.74, 6) is 0. The molecule has 96 valence electrons. The summed E-state index contributed by atoms with van der Waals surface area (Å²) in [5.41, 5.74) is 4.47. The molecule has 0 atom stereocenters. The Kier molecular flexibility index (Phi) is 2.60. The highest BCUT2D eigenvalue weighted by molar-refractivity contribution is 9.10. The highest BCUT2D eigenvalue weighted by Crippen LogP contribution is 2.34. The van der Waals surface area contributed by atoms with Crippen LogP contribution in [0, 0.1) is 0 Å². The van der Waals surface area contributed by atoms with Crippen LogP contribution in [0.25, 0.3) is 27.6 Å². The fraction of sp³-hybridized carbons (Fsp3) is 0. The molecule has 2 aromatic carbocycles. The average molecular weight is 323 g/mol. The summed E-state index contributed by atoms with van der Waals surface area (Å²) in [6.45, 7) is 0. The SMILES string of the molecule is Brc1cccc2c1c1ncccc1n2-c1ccccc1. The number of fused-ring (bicyclic) bond motifs is 3. The molecule has 0 spiro atoms. The molecule has 2 aromatic heterocycles. The van der Waals surface area contributed by atoms with E-state index in [-0.39, 0.29) is 0 Å². The Balaban J connectivity index is 2.26. The summed E-state index contributed by atoms with van der Waals surface area (Å²) in [7, 11) is 0. The van der Waals surface area contributed by atoms with Crippen molar-refractivity contribution < 1.29 is 0 Å². The zero-order chi connectivity index (χ0) is 13.5. The van der Waals surface area contributed by atoms with Gasteiger partial charge in [-0.05, 0) is 36.4 Å². The molecule has 0 fully saturated rings. The lowest BCUT2D eigenvalue weighted by atomic mass is 10.2. The fourth-order valence-corrected chi connectivity index (χ4v) is 3.23. The van der Waals surface area contributed by atoms with Crippen molar-refractivity contribution in [3.05, 3.63) is 71.3 Å². The molecule has 20 heavy (non-hydrogen) atoms. The zero-order valence-electron chi connectivity index (χ0n) is 10.6. The Hall–Kier alpha value is -2.13. The van der Waals surface area contributed by atoms with Crippen LogP contribution >= 0.6 is 15.9 Å². The van der Waals surface area contributed by atoms with Gasteiger partial charge in [0.05, 0.1) is 16.6 Å². The molecule has 0 bridgehead atoms. The van der Waals surface area contributed by atoms with Crippen molar-refractivity contribution in [2.75, 3.05) is 0 Å². The molecule has 0 saturated carbocycles. The van der Waals surface area contributed by atoms with Gasteiger partial charge in [0.1, 0.15) is 0 Å². The maximum Gasteiger partial charge on any atom is 0.0974 e. The summed E-state index contributed by atoms with van der Waals surface area (Å²) in [4.78, 5) is 4.57. The number of aromatic nitrogens is 2. The third kappa shape index (κ3) is 1.60. The van der Waals surface area contributed by atoms with Crippen molar-refractivity contribution in [2.45, 2.75) is 0 Å². The number of rotatable bonds is 1. The highest BCUT2D eigenvalue weighted by atomic mass is 79.9. The second-order valence-electron chi connectivity index (χ2n) is 4.68. The molecular weight excluding hydrogens is 312 g/mol. The Morgan fingerprint density at radius 1 is 0.800 bits per heavy atom. The van der Waals surface area contributed by atoms with E-state index in [9.17, 15) is 0 Å². The van der Waals surface area contributed by atoms with Gasteiger partial charge in [0.2, 0.25) is 0 Å². The molecule has 0 radical (unpaired) electrons. The van der Waals surface area contributed by atoms with Crippen LogP contribution in [-0.4, -0.2) is 9.55 Å².